The highest BCUT2D eigenvalue weighted by Gasteiger charge is 2.05. The molecule has 0 bridgehead atoms. The van der Waals surface area contributed by atoms with E-state index in [0.717, 1.165) is 11.0 Å². The zero-order valence-corrected chi connectivity index (χ0v) is 12.2. The molecule has 1 nitrogen and oxygen atoms in total. The van der Waals surface area contributed by atoms with Crippen LogP contribution in [-0.4, -0.2) is 7.28 Å². The van der Waals surface area contributed by atoms with Gasteiger partial charge in [-0.1, -0.05) is 90.4 Å². The van der Waals surface area contributed by atoms with Crippen molar-refractivity contribution in [1.82, 2.24) is 0 Å². The van der Waals surface area contributed by atoms with Crippen molar-refractivity contribution in [2.75, 3.05) is 0 Å². The van der Waals surface area contributed by atoms with Gasteiger partial charge in [0.1, 0.15) is 0 Å². The summed E-state index contributed by atoms with van der Waals surface area (Å²) in [4.78, 5) is 0. The normalized spacial score (nSPS) is 13.6. The van der Waals surface area contributed by atoms with Crippen LogP contribution in [0.5, 0.6) is 0 Å². The van der Waals surface area contributed by atoms with E-state index in [9.17, 15) is 0 Å². The van der Waals surface area contributed by atoms with Gasteiger partial charge < -0.3 is 0 Å². The van der Waals surface area contributed by atoms with Gasteiger partial charge in [0.25, 0.3) is 7.28 Å². The minimum absolute atomic E-state index is 0.330. The molecule has 103 valence electrons. The van der Waals surface area contributed by atoms with Gasteiger partial charge in [-0.2, -0.15) is 0 Å². The summed E-state index contributed by atoms with van der Waals surface area (Å²) in [7, 11) is 1.55. The van der Waals surface area contributed by atoms with E-state index < -0.39 is 0 Å². The summed E-state index contributed by atoms with van der Waals surface area (Å²) in [6.07, 6.45) is 12.7. The zero-order valence-electron chi connectivity index (χ0n) is 12.2. The van der Waals surface area contributed by atoms with Crippen molar-refractivity contribution in [1.29, 1.82) is 5.26 Å². The third-order valence-electron chi connectivity index (χ3n) is 3.74. The van der Waals surface area contributed by atoms with Crippen LogP contribution in [0.25, 0.3) is 11.1 Å². The summed E-state index contributed by atoms with van der Waals surface area (Å²) >= 11 is 0. The molecule has 0 amide bonds. The lowest BCUT2D eigenvalue weighted by atomic mass is 9.72. The Morgan fingerprint density at radius 3 is 1.82 bits per heavy atom. The van der Waals surface area contributed by atoms with Crippen LogP contribution >= 0.6 is 0 Å². The van der Waals surface area contributed by atoms with Crippen LogP contribution in [0.4, 0.5) is 0 Å². The summed E-state index contributed by atoms with van der Waals surface area (Å²) in [5.74, 6) is 2.38. The van der Waals surface area contributed by atoms with Crippen LogP contribution in [-0.2, 0) is 0 Å². The molecule has 1 aliphatic carbocycles. The third kappa shape index (κ3) is 3.27. The molecule has 0 aliphatic heterocycles. The molecule has 0 aromatic heterocycles. The Morgan fingerprint density at radius 1 is 0.727 bits per heavy atom. The van der Waals surface area contributed by atoms with Crippen LogP contribution < -0.4 is 5.46 Å². The molecular weight excluding hydrogens is 265 g/mol. The molecule has 0 atom stereocenters. The highest BCUT2D eigenvalue weighted by Crippen LogP contribution is 2.24. The van der Waals surface area contributed by atoms with Gasteiger partial charge in [0.2, 0.25) is 0 Å². The highest BCUT2D eigenvalue weighted by atomic mass is 14.2. The van der Waals surface area contributed by atoms with E-state index in [1.807, 2.05) is 42.4 Å². The first kappa shape index (κ1) is 14.2. The van der Waals surface area contributed by atoms with E-state index in [1.54, 1.807) is 7.28 Å². The van der Waals surface area contributed by atoms with E-state index in [-0.39, 0.29) is 0 Å². The molecule has 2 aromatic rings. The Morgan fingerprint density at radius 2 is 1.27 bits per heavy atom. The molecule has 0 N–H and O–H groups in total. The van der Waals surface area contributed by atoms with Crippen molar-refractivity contribution < 1.29 is 0 Å². The summed E-state index contributed by atoms with van der Waals surface area (Å²) < 4.78 is 0. The lowest BCUT2D eigenvalue weighted by molar-refractivity contribution is 1.09. The topological polar surface area (TPSA) is 23.8 Å². The molecule has 2 heteroatoms. The molecule has 2 aromatic carbocycles. The maximum absolute atomic E-state index is 8.66. The average Bonchev–Trinajstić information content (AvgIpc) is 2.85. The summed E-state index contributed by atoms with van der Waals surface area (Å²) in [6.45, 7) is 0. The van der Waals surface area contributed by atoms with Gasteiger partial charge in [-0.25, -0.2) is 5.26 Å². The van der Waals surface area contributed by atoms with Gasteiger partial charge in [-0.15, -0.1) is 0 Å². The summed E-state index contributed by atoms with van der Waals surface area (Å²) in [6, 6.07) is 16.7. The second-order valence-corrected chi connectivity index (χ2v) is 5.20. The third-order valence-corrected chi connectivity index (χ3v) is 3.74. The lowest BCUT2D eigenvalue weighted by Gasteiger charge is -2.09. The standard InChI is InChI=1S/C20H15BN/c22-15-21-20-13-11-19(12-14-20)18-9-7-17(8-10-18)16-5-3-1-2-4-6-16/h1-14,16H. The lowest BCUT2D eigenvalue weighted by Crippen LogP contribution is -2.10. The quantitative estimate of drug-likeness (QED) is 0.781. The van der Waals surface area contributed by atoms with Crippen LogP contribution in [0.1, 0.15) is 11.5 Å². The molecular formula is C20H15BN. The van der Waals surface area contributed by atoms with Crippen molar-refractivity contribution in [3.05, 3.63) is 90.6 Å². The number of rotatable bonds is 3. The van der Waals surface area contributed by atoms with Gasteiger partial charge in [0.05, 0.1) is 0 Å². The van der Waals surface area contributed by atoms with Gasteiger partial charge in [0, 0.05) is 11.9 Å². The molecule has 0 spiro atoms. The van der Waals surface area contributed by atoms with E-state index >= 15 is 0 Å². The van der Waals surface area contributed by atoms with Crippen molar-refractivity contribution in [2.45, 2.75) is 5.92 Å². The van der Waals surface area contributed by atoms with Gasteiger partial charge in [0.15, 0.2) is 0 Å². The second kappa shape index (κ2) is 6.78. The number of benzene rings is 2. The van der Waals surface area contributed by atoms with Gasteiger partial charge in [-0.3, -0.25) is 0 Å². The molecule has 0 unspecified atom stereocenters. The smallest absolute Gasteiger partial charge is 0.213 e. The van der Waals surface area contributed by atoms with E-state index in [1.165, 1.54) is 11.1 Å². The van der Waals surface area contributed by atoms with Crippen LogP contribution in [0.2, 0.25) is 0 Å². The minimum Gasteiger partial charge on any atom is -0.213 e. The highest BCUT2D eigenvalue weighted by molar-refractivity contribution is 6.61. The summed E-state index contributed by atoms with van der Waals surface area (Å²) in [5, 5.41) is 8.66. The Balaban J connectivity index is 1.80. The molecule has 3 rings (SSSR count). The van der Waals surface area contributed by atoms with E-state index in [2.05, 4.69) is 48.6 Å². The fourth-order valence-corrected chi connectivity index (χ4v) is 2.53. The first-order valence-electron chi connectivity index (χ1n) is 7.32. The Hall–Kier alpha value is -2.79. The predicted octanol–water partition coefficient (Wildman–Crippen LogP) is 3.93. The zero-order chi connectivity index (χ0) is 15.2. The van der Waals surface area contributed by atoms with Crippen molar-refractivity contribution in [3.63, 3.8) is 0 Å². The molecule has 0 saturated heterocycles. The first-order valence-corrected chi connectivity index (χ1v) is 7.32. The first-order chi connectivity index (χ1) is 10.9. The maximum atomic E-state index is 8.66. The second-order valence-electron chi connectivity index (χ2n) is 5.20. The number of hydrogen-bond acceptors (Lipinski definition) is 1. The van der Waals surface area contributed by atoms with Crippen molar-refractivity contribution >= 4 is 12.7 Å². The number of nitriles is 1. The average molecular weight is 280 g/mol. The van der Waals surface area contributed by atoms with E-state index in [4.69, 9.17) is 5.26 Å². The Kier molecular flexibility index (Phi) is 4.37. The molecule has 0 fully saturated rings. The van der Waals surface area contributed by atoms with Crippen molar-refractivity contribution in [3.8, 4) is 17.1 Å². The minimum atomic E-state index is 0.330. The van der Waals surface area contributed by atoms with Crippen LogP contribution in [0.3, 0.4) is 0 Å². The fourth-order valence-electron chi connectivity index (χ4n) is 2.53. The molecule has 0 heterocycles. The van der Waals surface area contributed by atoms with E-state index in [0.29, 0.717) is 5.92 Å². The van der Waals surface area contributed by atoms with Crippen LogP contribution in [0.15, 0.2) is 85.0 Å². The Labute approximate surface area is 132 Å². The molecule has 1 radical (unpaired) electrons. The Bertz CT molecular complexity index is 743. The molecule has 1 aliphatic rings. The number of hydrogen-bond donors (Lipinski definition) is 0. The van der Waals surface area contributed by atoms with Gasteiger partial charge in [-0.05, 0) is 16.7 Å². The molecule has 0 saturated carbocycles. The molecule has 22 heavy (non-hydrogen) atoms. The fraction of sp³-hybridized carbons (Fsp3) is 0.0500. The monoisotopic (exact) mass is 280 g/mol. The van der Waals surface area contributed by atoms with Crippen molar-refractivity contribution in [2.24, 2.45) is 0 Å². The predicted molar refractivity (Wildman–Crippen MR) is 93.0 cm³/mol. The number of allylic oxidation sites excluding steroid dienone is 6. The largest absolute Gasteiger partial charge is 0.291 e. The van der Waals surface area contributed by atoms with Crippen LogP contribution in [0, 0.1) is 11.2 Å². The SMILES string of the molecule is N#C[B]c1ccc(-c2ccc(C3C=CC=CC=C3)cc2)cc1. The maximum Gasteiger partial charge on any atom is 0.291 e. The summed E-state index contributed by atoms with van der Waals surface area (Å²) in [5.41, 5.74) is 4.57. The van der Waals surface area contributed by atoms with Gasteiger partial charge >= 0.3 is 0 Å². The number of nitrogens with zero attached hydrogens (tertiary/aromatic N) is 1.